The molecule has 0 aliphatic heterocycles. The van der Waals surface area contributed by atoms with Gasteiger partial charge in [-0.1, -0.05) is 97.4 Å². The molecule has 188 valence electrons. The van der Waals surface area contributed by atoms with Crippen molar-refractivity contribution < 1.29 is 19.9 Å². The van der Waals surface area contributed by atoms with Crippen LogP contribution in [0.5, 0.6) is 0 Å². The van der Waals surface area contributed by atoms with Crippen molar-refractivity contribution >= 4 is 17.1 Å². The molecular weight excluding hydrogens is 472 g/mol. The summed E-state index contributed by atoms with van der Waals surface area (Å²) in [7, 11) is 0. The third-order valence-corrected chi connectivity index (χ3v) is 7.20. The average molecular weight is 505 g/mol. The van der Waals surface area contributed by atoms with E-state index in [1.807, 2.05) is 30.3 Å². The van der Waals surface area contributed by atoms with Gasteiger partial charge in [0.25, 0.3) is 0 Å². The van der Waals surface area contributed by atoms with Gasteiger partial charge in [0.2, 0.25) is 5.75 Å². The molecule has 1 unspecified atom stereocenters. The van der Waals surface area contributed by atoms with Gasteiger partial charge in [-0.25, -0.2) is 4.79 Å². The van der Waals surface area contributed by atoms with Crippen molar-refractivity contribution in [2.24, 2.45) is 0 Å². The standard InChI is InChI=1S/C29H30N2O3S.H2O/c32-26(33)22-35(34)21-13-2-1-12-20-31-29(25-18-10-5-11-19-25)27(23-14-6-3-7-15-23)28(30-31)24-16-8-4-9-17-24;/h3-11,14-19H,1-2,12-13,20-22H2,(H,32,33);1H2. The Morgan fingerprint density at radius 1 is 0.778 bits per heavy atom. The summed E-state index contributed by atoms with van der Waals surface area (Å²) >= 11 is -1.28. The third kappa shape index (κ3) is 7.07. The van der Waals surface area contributed by atoms with E-state index in [0.29, 0.717) is 5.75 Å². The van der Waals surface area contributed by atoms with Crippen LogP contribution in [0.25, 0.3) is 33.6 Å². The molecule has 0 saturated carbocycles. The number of hydrogen-bond donors (Lipinski definition) is 1. The van der Waals surface area contributed by atoms with Crippen molar-refractivity contribution in [3.8, 4) is 33.6 Å². The van der Waals surface area contributed by atoms with Gasteiger partial charge >= 0.3 is 5.97 Å². The monoisotopic (exact) mass is 504 g/mol. The lowest BCUT2D eigenvalue weighted by Gasteiger charge is -2.11. The van der Waals surface area contributed by atoms with Crippen LogP contribution in [-0.2, 0) is 22.5 Å². The maximum absolute atomic E-state index is 11.7. The second kappa shape index (κ2) is 13.6. The molecule has 0 radical (unpaired) electrons. The first-order valence-corrected chi connectivity index (χ1v) is 13.5. The predicted octanol–water partition coefficient (Wildman–Crippen LogP) is 5.45. The number of rotatable bonds is 12. The molecule has 0 bridgehead atoms. The molecule has 1 aromatic heterocycles. The lowest BCUT2D eigenvalue weighted by atomic mass is 9.96. The molecule has 0 aliphatic rings. The molecule has 1 atom stereocenters. The number of aryl methyl sites for hydroxylation is 1. The third-order valence-electron chi connectivity index (χ3n) is 5.89. The molecular formula is C29H32N2O4S. The molecule has 1 heterocycles. The smallest absolute Gasteiger partial charge is 0.353 e. The van der Waals surface area contributed by atoms with Crippen LogP contribution in [0.3, 0.4) is 0 Å². The molecule has 0 saturated heterocycles. The number of hydrogen-bond acceptors (Lipinski definition) is 3. The van der Waals surface area contributed by atoms with Crippen molar-refractivity contribution in [2.45, 2.75) is 32.2 Å². The minimum Gasteiger partial charge on any atom is -0.616 e. The van der Waals surface area contributed by atoms with Gasteiger partial charge in [0.15, 0.2) is 0 Å². The van der Waals surface area contributed by atoms with Crippen LogP contribution in [0.15, 0.2) is 91.0 Å². The van der Waals surface area contributed by atoms with Gasteiger partial charge in [0.05, 0.1) is 5.69 Å². The van der Waals surface area contributed by atoms with E-state index in [-0.39, 0.29) is 11.2 Å². The van der Waals surface area contributed by atoms with Gasteiger partial charge in [-0.2, -0.15) is 5.10 Å². The summed E-state index contributed by atoms with van der Waals surface area (Å²) in [4.78, 5) is 10.7. The molecule has 6 nitrogen and oxygen atoms in total. The Labute approximate surface area is 215 Å². The number of aliphatic carboxylic acids is 1. The Bertz CT molecular complexity index is 1210. The highest BCUT2D eigenvalue weighted by atomic mass is 32.2. The lowest BCUT2D eigenvalue weighted by Crippen LogP contribution is -2.18. The van der Waals surface area contributed by atoms with Crippen LogP contribution in [-0.4, -0.2) is 42.4 Å². The number of unbranched alkanes of at least 4 members (excludes halogenated alkanes) is 3. The summed E-state index contributed by atoms with van der Waals surface area (Å²) in [6.45, 7) is 0.773. The Kier molecular flexibility index (Phi) is 10.3. The van der Waals surface area contributed by atoms with E-state index in [9.17, 15) is 9.35 Å². The Morgan fingerprint density at radius 3 is 1.89 bits per heavy atom. The zero-order valence-electron chi connectivity index (χ0n) is 20.2. The van der Waals surface area contributed by atoms with Crippen LogP contribution < -0.4 is 0 Å². The SMILES string of the molecule is O.O=C(O)C[S+]([O-])CCCCCCn1nc(-c2ccccc2)c(-c2ccccc2)c1-c1ccccc1. The molecule has 0 spiro atoms. The minimum atomic E-state index is -1.28. The van der Waals surface area contributed by atoms with E-state index in [2.05, 4.69) is 65.3 Å². The highest BCUT2D eigenvalue weighted by Gasteiger charge is 2.21. The molecule has 0 amide bonds. The summed E-state index contributed by atoms with van der Waals surface area (Å²) < 4.78 is 13.9. The van der Waals surface area contributed by atoms with Crippen molar-refractivity contribution in [3.05, 3.63) is 91.0 Å². The predicted molar refractivity (Wildman–Crippen MR) is 146 cm³/mol. The van der Waals surface area contributed by atoms with E-state index in [1.54, 1.807) is 0 Å². The Morgan fingerprint density at radius 2 is 1.31 bits per heavy atom. The lowest BCUT2D eigenvalue weighted by molar-refractivity contribution is -0.134. The van der Waals surface area contributed by atoms with Gasteiger partial charge < -0.3 is 15.1 Å². The molecule has 0 aliphatic carbocycles. The van der Waals surface area contributed by atoms with E-state index < -0.39 is 17.1 Å². The highest BCUT2D eigenvalue weighted by Crippen LogP contribution is 2.40. The molecule has 36 heavy (non-hydrogen) atoms. The maximum Gasteiger partial charge on any atom is 0.353 e. The average Bonchev–Trinajstić information content (AvgIpc) is 3.26. The Balaban J connectivity index is 0.00000361. The topological polar surface area (TPSA) is 110 Å². The molecule has 4 rings (SSSR count). The molecule has 7 heteroatoms. The first kappa shape index (κ1) is 27.2. The maximum atomic E-state index is 11.7. The minimum absolute atomic E-state index is 0. The second-order valence-corrected chi connectivity index (χ2v) is 10.1. The Hall–Kier alpha value is -3.39. The van der Waals surface area contributed by atoms with Crippen molar-refractivity contribution in [2.75, 3.05) is 11.5 Å². The van der Waals surface area contributed by atoms with Crippen LogP contribution in [0.2, 0.25) is 0 Å². The zero-order valence-corrected chi connectivity index (χ0v) is 21.0. The molecule has 4 aromatic rings. The molecule has 3 aromatic carbocycles. The zero-order chi connectivity index (χ0) is 24.5. The summed E-state index contributed by atoms with van der Waals surface area (Å²) in [5.41, 5.74) is 6.57. The van der Waals surface area contributed by atoms with Crippen LogP contribution in [0.1, 0.15) is 25.7 Å². The summed E-state index contributed by atoms with van der Waals surface area (Å²) in [5, 5.41) is 13.9. The normalized spacial score (nSPS) is 11.6. The highest BCUT2D eigenvalue weighted by molar-refractivity contribution is 7.92. The largest absolute Gasteiger partial charge is 0.616 e. The number of carbonyl (C=O) groups is 1. The van der Waals surface area contributed by atoms with E-state index in [4.69, 9.17) is 10.2 Å². The summed E-state index contributed by atoms with van der Waals surface area (Å²) in [6.07, 6.45) is 3.61. The number of carboxylic acid groups (broad SMARTS) is 1. The number of carboxylic acids is 1. The first-order chi connectivity index (χ1) is 17.1. The summed E-state index contributed by atoms with van der Waals surface area (Å²) in [5.74, 6) is -0.823. The fourth-order valence-corrected chi connectivity index (χ4v) is 5.22. The van der Waals surface area contributed by atoms with Gasteiger partial charge in [0, 0.05) is 23.2 Å². The fourth-order valence-electron chi connectivity index (χ4n) is 4.28. The van der Waals surface area contributed by atoms with Gasteiger partial charge in [-0.3, -0.25) is 4.68 Å². The van der Waals surface area contributed by atoms with E-state index in [1.165, 1.54) is 0 Å². The van der Waals surface area contributed by atoms with Crippen LogP contribution in [0.4, 0.5) is 0 Å². The van der Waals surface area contributed by atoms with E-state index in [0.717, 1.165) is 65.9 Å². The fraction of sp³-hybridized carbons (Fsp3) is 0.241. The first-order valence-electron chi connectivity index (χ1n) is 12.0. The quantitative estimate of drug-likeness (QED) is 0.204. The van der Waals surface area contributed by atoms with Gasteiger partial charge in [-0.05, 0) is 36.0 Å². The van der Waals surface area contributed by atoms with Crippen molar-refractivity contribution in [3.63, 3.8) is 0 Å². The molecule has 0 fully saturated rings. The summed E-state index contributed by atoms with van der Waals surface area (Å²) in [6, 6.07) is 31.1. The van der Waals surface area contributed by atoms with Gasteiger partial charge in [-0.15, -0.1) is 0 Å². The van der Waals surface area contributed by atoms with Crippen molar-refractivity contribution in [1.82, 2.24) is 9.78 Å². The second-order valence-electron chi connectivity index (χ2n) is 8.49. The molecule has 3 N–H and O–H groups in total. The van der Waals surface area contributed by atoms with Crippen LogP contribution >= 0.6 is 0 Å². The number of aromatic nitrogens is 2. The number of nitrogens with zero attached hydrogens (tertiary/aromatic N) is 2. The van der Waals surface area contributed by atoms with Crippen molar-refractivity contribution in [1.29, 1.82) is 0 Å². The van der Waals surface area contributed by atoms with Crippen LogP contribution in [0, 0.1) is 0 Å². The van der Waals surface area contributed by atoms with E-state index >= 15 is 0 Å². The van der Waals surface area contributed by atoms with Gasteiger partial charge in [0.1, 0.15) is 11.4 Å². The number of benzene rings is 3.